The van der Waals surface area contributed by atoms with Crippen LogP contribution in [0.25, 0.3) is 0 Å². The van der Waals surface area contributed by atoms with Crippen LogP contribution in [0.15, 0.2) is 36.0 Å². The molecule has 3 nitrogen and oxygen atoms in total. The van der Waals surface area contributed by atoms with Gasteiger partial charge in [0.25, 0.3) is 0 Å². The fourth-order valence-corrected chi connectivity index (χ4v) is 2.40. The Bertz CT molecular complexity index is 479. The van der Waals surface area contributed by atoms with Crippen molar-refractivity contribution in [3.05, 3.63) is 41.6 Å². The quantitative estimate of drug-likeness (QED) is 0.738. The SMILES string of the molecule is O=C1C=C(N2CCOc3ccccc3C2)CC1. The molecule has 88 valence electrons. The molecular weight excluding hydrogens is 214 g/mol. The summed E-state index contributed by atoms with van der Waals surface area (Å²) in [6.07, 6.45) is 3.32. The number of carbonyl (C=O) groups excluding carboxylic acids is 1. The first kappa shape index (κ1) is 10.4. The maximum atomic E-state index is 11.3. The smallest absolute Gasteiger partial charge is 0.157 e. The van der Waals surface area contributed by atoms with E-state index in [4.69, 9.17) is 4.74 Å². The number of rotatable bonds is 1. The average Bonchev–Trinajstić information content (AvgIpc) is 2.65. The van der Waals surface area contributed by atoms with Crippen LogP contribution in [0.3, 0.4) is 0 Å². The minimum absolute atomic E-state index is 0.249. The van der Waals surface area contributed by atoms with Crippen molar-refractivity contribution in [2.24, 2.45) is 0 Å². The lowest BCUT2D eigenvalue weighted by Crippen LogP contribution is -2.24. The molecule has 0 unspecified atom stereocenters. The second kappa shape index (κ2) is 4.24. The fraction of sp³-hybridized carbons (Fsp3) is 0.357. The Balaban J connectivity index is 1.85. The first-order valence-corrected chi connectivity index (χ1v) is 6.02. The Morgan fingerprint density at radius 3 is 2.88 bits per heavy atom. The van der Waals surface area contributed by atoms with Gasteiger partial charge in [-0.2, -0.15) is 0 Å². The minimum atomic E-state index is 0.249. The summed E-state index contributed by atoms with van der Waals surface area (Å²) in [6.45, 7) is 2.38. The van der Waals surface area contributed by atoms with E-state index >= 15 is 0 Å². The molecule has 1 aromatic rings. The van der Waals surface area contributed by atoms with Crippen LogP contribution >= 0.6 is 0 Å². The van der Waals surface area contributed by atoms with E-state index in [1.807, 2.05) is 18.2 Å². The molecule has 0 radical (unpaired) electrons. The van der Waals surface area contributed by atoms with Crippen LogP contribution < -0.4 is 4.74 Å². The lowest BCUT2D eigenvalue weighted by atomic mass is 10.2. The van der Waals surface area contributed by atoms with Gasteiger partial charge >= 0.3 is 0 Å². The van der Waals surface area contributed by atoms with Gasteiger partial charge in [0.2, 0.25) is 0 Å². The van der Waals surface area contributed by atoms with E-state index in [-0.39, 0.29) is 5.78 Å². The number of carbonyl (C=O) groups is 1. The molecule has 0 saturated heterocycles. The van der Waals surface area contributed by atoms with Crippen molar-refractivity contribution in [1.29, 1.82) is 0 Å². The van der Waals surface area contributed by atoms with E-state index in [1.54, 1.807) is 6.08 Å². The molecule has 0 saturated carbocycles. The first-order chi connectivity index (χ1) is 8.33. The van der Waals surface area contributed by atoms with Gasteiger partial charge in [-0.1, -0.05) is 18.2 Å². The number of hydrogen-bond acceptors (Lipinski definition) is 3. The van der Waals surface area contributed by atoms with E-state index in [0.717, 1.165) is 31.0 Å². The zero-order valence-corrected chi connectivity index (χ0v) is 9.69. The summed E-state index contributed by atoms with van der Waals surface area (Å²) in [5, 5.41) is 0. The Kier molecular flexibility index (Phi) is 2.59. The van der Waals surface area contributed by atoms with Gasteiger partial charge in [0.15, 0.2) is 5.78 Å². The van der Waals surface area contributed by atoms with E-state index in [2.05, 4.69) is 11.0 Å². The highest BCUT2D eigenvalue weighted by Crippen LogP contribution is 2.27. The summed E-state index contributed by atoms with van der Waals surface area (Å²) < 4.78 is 5.71. The number of ether oxygens (including phenoxy) is 1. The third kappa shape index (κ3) is 2.05. The van der Waals surface area contributed by atoms with Crippen molar-refractivity contribution < 1.29 is 9.53 Å². The molecule has 1 aromatic carbocycles. The molecule has 1 aliphatic carbocycles. The van der Waals surface area contributed by atoms with Crippen molar-refractivity contribution in [2.45, 2.75) is 19.4 Å². The van der Waals surface area contributed by atoms with Crippen LogP contribution in [0.5, 0.6) is 5.75 Å². The van der Waals surface area contributed by atoms with Gasteiger partial charge < -0.3 is 9.64 Å². The van der Waals surface area contributed by atoms with Crippen LogP contribution in [0.2, 0.25) is 0 Å². The molecule has 1 aliphatic heterocycles. The lowest BCUT2D eigenvalue weighted by Gasteiger charge is -2.22. The average molecular weight is 229 g/mol. The van der Waals surface area contributed by atoms with Crippen molar-refractivity contribution in [2.75, 3.05) is 13.2 Å². The minimum Gasteiger partial charge on any atom is -0.491 e. The Morgan fingerprint density at radius 2 is 2.06 bits per heavy atom. The maximum absolute atomic E-state index is 11.3. The van der Waals surface area contributed by atoms with Gasteiger partial charge in [0.05, 0.1) is 6.54 Å². The topological polar surface area (TPSA) is 29.5 Å². The second-order valence-electron chi connectivity index (χ2n) is 4.48. The number of ketones is 1. The van der Waals surface area contributed by atoms with Gasteiger partial charge in [-0.25, -0.2) is 0 Å². The lowest BCUT2D eigenvalue weighted by molar-refractivity contribution is -0.114. The summed E-state index contributed by atoms with van der Waals surface area (Å²) in [5.41, 5.74) is 2.36. The fourth-order valence-electron chi connectivity index (χ4n) is 2.40. The predicted octanol–water partition coefficient (Wildman–Crippen LogP) is 2.13. The highest BCUT2D eigenvalue weighted by Gasteiger charge is 2.21. The number of allylic oxidation sites excluding steroid dienone is 2. The third-order valence-electron chi connectivity index (χ3n) is 3.31. The van der Waals surface area contributed by atoms with E-state index in [0.29, 0.717) is 13.0 Å². The highest BCUT2D eigenvalue weighted by molar-refractivity contribution is 5.92. The molecule has 0 fully saturated rings. The maximum Gasteiger partial charge on any atom is 0.157 e. The zero-order chi connectivity index (χ0) is 11.7. The molecule has 0 atom stereocenters. The van der Waals surface area contributed by atoms with Gasteiger partial charge in [-0.15, -0.1) is 0 Å². The molecule has 0 bridgehead atoms. The monoisotopic (exact) mass is 229 g/mol. The molecule has 0 spiro atoms. The molecule has 0 N–H and O–H groups in total. The molecule has 17 heavy (non-hydrogen) atoms. The van der Waals surface area contributed by atoms with Crippen molar-refractivity contribution in [3.8, 4) is 5.75 Å². The van der Waals surface area contributed by atoms with E-state index < -0.39 is 0 Å². The van der Waals surface area contributed by atoms with Crippen LogP contribution in [0, 0.1) is 0 Å². The first-order valence-electron chi connectivity index (χ1n) is 6.02. The van der Waals surface area contributed by atoms with Crippen LogP contribution in [-0.4, -0.2) is 23.8 Å². The molecule has 0 aromatic heterocycles. The Hall–Kier alpha value is -1.77. The van der Waals surface area contributed by atoms with Gasteiger partial charge in [0, 0.05) is 30.3 Å². The number of nitrogens with zero attached hydrogens (tertiary/aromatic N) is 1. The summed E-state index contributed by atoms with van der Waals surface area (Å²) in [6, 6.07) is 8.12. The summed E-state index contributed by atoms with van der Waals surface area (Å²) in [4.78, 5) is 13.6. The largest absolute Gasteiger partial charge is 0.491 e. The van der Waals surface area contributed by atoms with Crippen LogP contribution in [0.1, 0.15) is 18.4 Å². The summed E-state index contributed by atoms with van der Waals surface area (Å²) in [7, 11) is 0. The summed E-state index contributed by atoms with van der Waals surface area (Å²) >= 11 is 0. The normalized spacial score (nSPS) is 19.4. The summed E-state index contributed by atoms with van der Waals surface area (Å²) in [5.74, 6) is 1.22. The predicted molar refractivity (Wildman–Crippen MR) is 64.7 cm³/mol. The number of benzene rings is 1. The number of hydrogen-bond donors (Lipinski definition) is 0. The van der Waals surface area contributed by atoms with Gasteiger partial charge in [-0.3, -0.25) is 4.79 Å². The molecule has 3 rings (SSSR count). The van der Waals surface area contributed by atoms with Crippen molar-refractivity contribution in [3.63, 3.8) is 0 Å². The molecule has 1 heterocycles. The van der Waals surface area contributed by atoms with Crippen molar-refractivity contribution >= 4 is 5.78 Å². The second-order valence-corrected chi connectivity index (χ2v) is 4.48. The van der Waals surface area contributed by atoms with Crippen LogP contribution in [0.4, 0.5) is 0 Å². The van der Waals surface area contributed by atoms with E-state index in [9.17, 15) is 4.79 Å². The zero-order valence-electron chi connectivity index (χ0n) is 9.69. The Morgan fingerprint density at radius 1 is 1.18 bits per heavy atom. The van der Waals surface area contributed by atoms with Gasteiger partial charge in [-0.05, 0) is 12.5 Å². The molecule has 0 amide bonds. The Labute approximate surface area is 101 Å². The van der Waals surface area contributed by atoms with Crippen LogP contribution in [-0.2, 0) is 11.3 Å². The molecule has 3 heteroatoms. The van der Waals surface area contributed by atoms with E-state index in [1.165, 1.54) is 5.56 Å². The number of fused-ring (bicyclic) bond motifs is 1. The molecular formula is C14H15NO2. The standard InChI is InChI=1S/C14H15NO2/c16-13-6-5-12(9-13)15-7-8-17-14-4-2-1-3-11(14)10-15/h1-4,9H,5-8,10H2. The highest BCUT2D eigenvalue weighted by atomic mass is 16.5. The third-order valence-corrected chi connectivity index (χ3v) is 3.31. The van der Waals surface area contributed by atoms with Crippen molar-refractivity contribution in [1.82, 2.24) is 4.90 Å². The number of para-hydroxylation sites is 1. The molecule has 2 aliphatic rings. The van der Waals surface area contributed by atoms with Gasteiger partial charge in [0.1, 0.15) is 12.4 Å².